The van der Waals surface area contributed by atoms with Crippen molar-refractivity contribution in [2.24, 2.45) is 0 Å². The van der Waals surface area contributed by atoms with Crippen molar-refractivity contribution < 1.29 is 9.53 Å². The molecule has 0 radical (unpaired) electrons. The first-order valence-corrected chi connectivity index (χ1v) is 8.11. The van der Waals surface area contributed by atoms with Gasteiger partial charge >= 0.3 is 0 Å². The predicted molar refractivity (Wildman–Crippen MR) is 95.7 cm³/mol. The Kier molecular flexibility index (Phi) is 4.99. The molecule has 2 N–H and O–H groups in total. The van der Waals surface area contributed by atoms with Crippen LogP contribution in [0.25, 0.3) is 0 Å². The average Bonchev–Trinajstić information content (AvgIpc) is 3.17. The van der Waals surface area contributed by atoms with Gasteiger partial charge in [-0.15, -0.1) is 12.4 Å². The number of nitrogens with one attached hydrogen (secondary N) is 2. The fourth-order valence-corrected chi connectivity index (χ4v) is 3.32. The molecule has 4 nitrogen and oxygen atoms in total. The predicted octanol–water partition coefficient (Wildman–Crippen LogP) is 2.98. The van der Waals surface area contributed by atoms with Crippen LogP contribution in [-0.4, -0.2) is 12.0 Å². The van der Waals surface area contributed by atoms with Crippen LogP contribution in [0.15, 0.2) is 36.4 Å². The van der Waals surface area contributed by atoms with Crippen LogP contribution in [0.3, 0.4) is 0 Å². The minimum absolute atomic E-state index is 0. The summed E-state index contributed by atoms with van der Waals surface area (Å²) in [4.78, 5) is 12.3. The first kappa shape index (κ1) is 17.1. The lowest BCUT2D eigenvalue weighted by molar-refractivity contribution is -0.127. The molecule has 0 saturated carbocycles. The summed E-state index contributed by atoms with van der Waals surface area (Å²) in [6.07, 6.45) is 0.0927. The van der Waals surface area contributed by atoms with Gasteiger partial charge in [0.25, 0.3) is 5.91 Å². The molecule has 2 aromatic carbocycles. The molecule has 24 heavy (non-hydrogen) atoms. The molecule has 2 aromatic rings. The van der Waals surface area contributed by atoms with Crippen molar-refractivity contribution in [1.82, 2.24) is 10.6 Å². The zero-order chi connectivity index (χ0) is 15.8. The second-order valence-corrected chi connectivity index (χ2v) is 6.42. The molecular weight excluding hydrogens is 347 g/mol. The smallest absolute Gasteiger partial charge is 0.261 e. The summed E-state index contributed by atoms with van der Waals surface area (Å²) in [5.74, 6) is 0.661. The second-order valence-electron chi connectivity index (χ2n) is 5.99. The summed E-state index contributed by atoms with van der Waals surface area (Å²) in [6.45, 7) is 2.35. The number of amides is 1. The third-order valence-electron chi connectivity index (χ3n) is 4.36. The summed E-state index contributed by atoms with van der Waals surface area (Å²) in [5.41, 5.74) is 4.75. The van der Waals surface area contributed by atoms with Gasteiger partial charge in [-0.2, -0.15) is 0 Å². The first-order valence-electron chi connectivity index (χ1n) is 7.73. The highest BCUT2D eigenvalue weighted by Crippen LogP contribution is 2.31. The summed E-state index contributed by atoms with van der Waals surface area (Å²) in [7, 11) is 0. The molecule has 126 valence electrons. The van der Waals surface area contributed by atoms with E-state index in [4.69, 9.17) is 16.3 Å². The Morgan fingerprint density at radius 2 is 2.00 bits per heavy atom. The van der Waals surface area contributed by atoms with E-state index in [0.717, 1.165) is 30.0 Å². The van der Waals surface area contributed by atoms with Crippen molar-refractivity contribution in [3.8, 4) is 5.75 Å². The third kappa shape index (κ3) is 3.36. The molecule has 1 amide bonds. The molecule has 0 aliphatic carbocycles. The van der Waals surface area contributed by atoms with Gasteiger partial charge in [0.2, 0.25) is 0 Å². The molecule has 1 atom stereocenters. The van der Waals surface area contributed by atoms with E-state index >= 15 is 0 Å². The number of hydrogen-bond acceptors (Lipinski definition) is 3. The molecule has 1 unspecified atom stereocenters. The van der Waals surface area contributed by atoms with Crippen LogP contribution in [0.1, 0.15) is 22.3 Å². The number of rotatable bonds is 3. The van der Waals surface area contributed by atoms with Crippen molar-refractivity contribution in [1.29, 1.82) is 0 Å². The van der Waals surface area contributed by atoms with Gasteiger partial charge in [-0.05, 0) is 40.5 Å². The van der Waals surface area contributed by atoms with Crippen LogP contribution in [0.4, 0.5) is 0 Å². The van der Waals surface area contributed by atoms with Crippen molar-refractivity contribution in [3.05, 3.63) is 63.7 Å². The van der Waals surface area contributed by atoms with Gasteiger partial charge in [0.05, 0.1) is 0 Å². The van der Waals surface area contributed by atoms with E-state index < -0.39 is 6.10 Å². The Labute approximate surface area is 151 Å². The number of carbonyl (C=O) groups excluding carboxylic acids is 1. The highest BCUT2D eigenvalue weighted by atomic mass is 35.5. The lowest BCUT2D eigenvalue weighted by atomic mass is 10.1. The average molecular weight is 365 g/mol. The molecule has 0 aromatic heterocycles. The zero-order valence-corrected chi connectivity index (χ0v) is 14.5. The van der Waals surface area contributed by atoms with Crippen LogP contribution in [0, 0.1) is 0 Å². The zero-order valence-electron chi connectivity index (χ0n) is 13.0. The number of benzene rings is 2. The minimum atomic E-state index is -0.473. The lowest BCUT2D eigenvalue weighted by Crippen LogP contribution is -2.37. The molecule has 2 heterocycles. The SMILES string of the molecule is Cl.O=C(NCc1ccc2c(c1)CNC2)C1Cc2cc(Cl)ccc2O1. The number of carbonyl (C=O) groups is 1. The van der Waals surface area contributed by atoms with Crippen LogP contribution in [0.5, 0.6) is 5.75 Å². The Morgan fingerprint density at radius 3 is 2.88 bits per heavy atom. The molecule has 2 aliphatic rings. The molecule has 0 fully saturated rings. The molecule has 0 spiro atoms. The van der Waals surface area contributed by atoms with E-state index in [1.54, 1.807) is 6.07 Å². The molecule has 0 bridgehead atoms. The molecule has 2 aliphatic heterocycles. The number of hydrogen-bond donors (Lipinski definition) is 2. The fraction of sp³-hybridized carbons (Fsp3) is 0.278. The van der Waals surface area contributed by atoms with Crippen LogP contribution in [0.2, 0.25) is 5.02 Å². The highest BCUT2D eigenvalue weighted by Gasteiger charge is 2.29. The Hall–Kier alpha value is -1.75. The van der Waals surface area contributed by atoms with Gasteiger partial charge in [-0.25, -0.2) is 0 Å². The maximum absolute atomic E-state index is 12.3. The number of fused-ring (bicyclic) bond motifs is 2. The molecular formula is C18H18Cl2N2O2. The highest BCUT2D eigenvalue weighted by molar-refractivity contribution is 6.30. The third-order valence-corrected chi connectivity index (χ3v) is 4.59. The van der Waals surface area contributed by atoms with Crippen LogP contribution < -0.4 is 15.4 Å². The van der Waals surface area contributed by atoms with Gasteiger partial charge in [-0.3, -0.25) is 4.79 Å². The van der Waals surface area contributed by atoms with E-state index in [1.165, 1.54) is 11.1 Å². The van der Waals surface area contributed by atoms with Crippen molar-refractivity contribution in [3.63, 3.8) is 0 Å². The summed E-state index contributed by atoms with van der Waals surface area (Å²) >= 11 is 5.98. The molecule has 0 saturated heterocycles. The quantitative estimate of drug-likeness (QED) is 0.879. The van der Waals surface area contributed by atoms with E-state index in [0.29, 0.717) is 18.0 Å². The van der Waals surface area contributed by atoms with Crippen LogP contribution >= 0.6 is 24.0 Å². The summed E-state index contributed by atoms with van der Waals surface area (Å²) in [5, 5.41) is 6.95. The van der Waals surface area contributed by atoms with Crippen molar-refractivity contribution >= 4 is 29.9 Å². The van der Waals surface area contributed by atoms with Gasteiger partial charge in [-0.1, -0.05) is 29.8 Å². The fourth-order valence-electron chi connectivity index (χ4n) is 3.12. The second kappa shape index (κ2) is 7.01. The first-order chi connectivity index (χ1) is 11.2. The van der Waals surface area contributed by atoms with E-state index in [9.17, 15) is 4.79 Å². The van der Waals surface area contributed by atoms with E-state index in [1.807, 2.05) is 12.1 Å². The monoisotopic (exact) mass is 364 g/mol. The standard InChI is InChI=1S/C18H17ClN2O2.ClH/c19-15-3-4-16-13(6-15)7-17(23-16)18(22)21-8-11-1-2-12-9-20-10-14(12)5-11;/h1-6,17,20H,7-10H2,(H,21,22);1H. The minimum Gasteiger partial charge on any atom is -0.480 e. The maximum Gasteiger partial charge on any atom is 0.261 e. The van der Waals surface area contributed by atoms with Crippen molar-refractivity contribution in [2.75, 3.05) is 0 Å². The van der Waals surface area contributed by atoms with Gasteiger partial charge in [0.15, 0.2) is 6.10 Å². The van der Waals surface area contributed by atoms with E-state index in [2.05, 4.69) is 28.8 Å². The van der Waals surface area contributed by atoms with Crippen LogP contribution in [-0.2, 0) is 30.8 Å². The Bertz CT molecular complexity index is 780. The molecule has 4 rings (SSSR count). The van der Waals surface area contributed by atoms with Gasteiger partial charge in [0.1, 0.15) is 5.75 Å². The Morgan fingerprint density at radius 1 is 1.17 bits per heavy atom. The Balaban J connectivity index is 0.00000169. The topological polar surface area (TPSA) is 50.4 Å². The van der Waals surface area contributed by atoms with E-state index in [-0.39, 0.29) is 18.3 Å². The summed E-state index contributed by atoms with van der Waals surface area (Å²) < 4.78 is 5.71. The summed E-state index contributed by atoms with van der Waals surface area (Å²) in [6, 6.07) is 11.8. The van der Waals surface area contributed by atoms with Crippen molar-refractivity contribution in [2.45, 2.75) is 32.2 Å². The lowest BCUT2D eigenvalue weighted by Gasteiger charge is -2.12. The maximum atomic E-state index is 12.3. The van der Waals surface area contributed by atoms with Gasteiger partial charge in [0, 0.05) is 31.1 Å². The van der Waals surface area contributed by atoms with Gasteiger partial charge < -0.3 is 15.4 Å². The number of halogens is 2. The normalized spacial score (nSPS) is 17.5. The molecule has 6 heteroatoms. The largest absolute Gasteiger partial charge is 0.480 e. The number of ether oxygens (including phenoxy) is 1.